The van der Waals surface area contributed by atoms with E-state index in [-0.39, 0.29) is 0 Å². The highest BCUT2D eigenvalue weighted by atomic mass is 35.5. The maximum absolute atomic E-state index is 6.19. The Morgan fingerprint density at radius 2 is 2.00 bits per heavy atom. The number of anilines is 1. The van der Waals surface area contributed by atoms with Crippen LogP contribution in [0.4, 0.5) is 5.95 Å². The Bertz CT molecular complexity index is 880. The highest BCUT2D eigenvalue weighted by Gasteiger charge is 2.10. The maximum atomic E-state index is 6.19. The van der Waals surface area contributed by atoms with E-state index in [2.05, 4.69) is 46.8 Å². The first-order valence-electron chi connectivity index (χ1n) is 9.13. The summed E-state index contributed by atoms with van der Waals surface area (Å²) >= 11 is 6.19. The van der Waals surface area contributed by atoms with Crippen LogP contribution >= 0.6 is 11.6 Å². The molecule has 0 aliphatic rings. The minimum absolute atomic E-state index is 0.509. The van der Waals surface area contributed by atoms with Gasteiger partial charge in [-0.3, -0.25) is 0 Å². The molecule has 0 amide bonds. The third kappa shape index (κ3) is 5.20. The number of nitrogens with one attached hydrogen (secondary N) is 1. The van der Waals surface area contributed by atoms with Crippen LogP contribution in [0, 0.1) is 6.92 Å². The Balaban J connectivity index is 1.69. The fraction of sp³-hybridized carbons (Fsp3) is 0.350. The molecule has 1 heterocycles. The number of rotatable bonds is 9. The minimum Gasteiger partial charge on any atom is -0.489 e. The second-order valence-corrected chi connectivity index (χ2v) is 6.84. The highest BCUT2D eigenvalue weighted by Crippen LogP contribution is 2.25. The molecule has 0 fully saturated rings. The maximum Gasteiger partial charge on any atom is 0.243 e. The van der Waals surface area contributed by atoms with Crippen molar-refractivity contribution in [2.75, 3.05) is 5.32 Å². The number of tetrazole rings is 1. The number of aromatic nitrogens is 4. The summed E-state index contributed by atoms with van der Waals surface area (Å²) < 4.78 is 7.85. The molecule has 0 spiro atoms. The van der Waals surface area contributed by atoms with Gasteiger partial charge < -0.3 is 10.1 Å². The predicted molar refractivity (Wildman–Crippen MR) is 107 cm³/mol. The lowest BCUT2D eigenvalue weighted by Gasteiger charge is -2.14. The average molecular weight is 386 g/mol. The van der Waals surface area contributed by atoms with Crippen molar-refractivity contribution in [2.24, 2.45) is 0 Å². The zero-order valence-electron chi connectivity index (χ0n) is 15.7. The first-order valence-corrected chi connectivity index (χ1v) is 9.51. The summed E-state index contributed by atoms with van der Waals surface area (Å²) in [5.74, 6) is 1.44. The highest BCUT2D eigenvalue weighted by molar-refractivity contribution is 6.30. The van der Waals surface area contributed by atoms with Gasteiger partial charge in [0.15, 0.2) is 0 Å². The van der Waals surface area contributed by atoms with Crippen molar-refractivity contribution in [3.63, 3.8) is 0 Å². The van der Waals surface area contributed by atoms with Crippen LogP contribution in [0.3, 0.4) is 0 Å². The van der Waals surface area contributed by atoms with Crippen LogP contribution in [-0.4, -0.2) is 20.2 Å². The van der Waals surface area contributed by atoms with Gasteiger partial charge in [0.2, 0.25) is 5.95 Å². The van der Waals surface area contributed by atoms with Crippen LogP contribution in [0.1, 0.15) is 36.5 Å². The summed E-state index contributed by atoms with van der Waals surface area (Å²) in [6, 6.07) is 13.8. The summed E-state index contributed by atoms with van der Waals surface area (Å²) in [5.41, 5.74) is 3.33. The second-order valence-electron chi connectivity index (χ2n) is 6.40. The van der Waals surface area contributed by atoms with Crippen molar-refractivity contribution in [1.82, 2.24) is 20.2 Å². The SMILES string of the molecule is CCCCn1nnnc1NCc1cc(Cl)ccc1OCc1ccccc1C. The Hall–Kier alpha value is -2.60. The fourth-order valence-corrected chi connectivity index (χ4v) is 2.91. The molecule has 1 N–H and O–H groups in total. The number of hydrogen-bond donors (Lipinski definition) is 1. The number of nitrogens with zero attached hydrogens (tertiary/aromatic N) is 4. The lowest BCUT2D eigenvalue weighted by molar-refractivity contribution is 0.302. The van der Waals surface area contributed by atoms with Crippen LogP contribution in [0.15, 0.2) is 42.5 Å². The first-order chi connectivity index (χ1) is 13.2. The van der Waals surface area contributed by atoms with E-state index in [0.29, 0.717) is 24.1 Å². The molecule has 0 aliphatic heterocycles. The molecule has 27 heavy (non-hydrogen) atoms. The lowest BCUT2D eigenvalue weighted by Crippen LogP contribution is -2.10. The van der Waals surface area contributed by atoms with Gasteiger partial charge in [-0.2, -0.15) is 0 Å². The van der Waals surface area contributed by atoms with Gasteiger partial charge in [0.25, 0.3) is 0 Å². The fourth-order valence-electron chi connectivity index (χ4n) is 2.72. The topological polar surface area (TPSA) is 64.9 Å². The zero-order valence-corrected chi connectivity index (χ0v) is 16.4. The van der Waals surface area contributed by atoms with Gasteiger partial charge in [-0.1, -0.05) is 54.3 Å². The summed E-state index contributed by atoms with van der Waals surface area (Å²) in [6.07, 6.45) is 2.12. The molecule has 7 heteroatoms. The summed E-state index contributed by atoms with van der Waals surface area (Å²) in [5, 5.41) is 15.8. The molecule has 3 aromatic rings. The molecule has 0 aliphatic carbocycles. The van der Waals surface area contributed by atoms with Crippen LogP contribution in [0.25, 0.3) is 0 Å². The van der Waals surface area contributed by atoms with Gasteiger partial charge >= 0.3 is 0 Å². The number of benzene rings is 2. The second kappa shape index (κ2) is 9.37. The molecule has 0 saturated carbocycles. The molecule has 0 unspecified atom stereocenters. The molecule has 3 rings (SSSR count). The van der Waals surface area contributed by atoms with Crippen molar-refractivity contribution in [1.29, 1.82) is 0 Å². The van der Waals surface area contributed by atoms with E-state index in [4.69, 9.17) is 16.3 Å². The normalized spacial score (nSPS) is 10.8. The van der Waals surface area contributed by atoms with Gasteiger partial charge in [0.05, 0.1) is 0 Å². The van der Waals surface area contributed by atoms with E-state index in [1.165, 1.54) is 5.56 Å². The van der Waals surface area contributed by atoms with Crippen molar-refractivity contribution in [3.05, 3.63) is 64.2 Å². The van der Waals surface area contributed by atoms with Crippen LogP contribution in [0.2, 0.25) is 5.02 Å². The molecule has 2 aromatic carbocycles. The Morgan fingerprint density at radius 3 is 2.81 bits per heavy atom. The van der Waals surface area contributed by atoms with E-state index < -0.39 is 0 Å². The third-order valence-electron chi connectivity index (χ3n) is 4.36. The standard InChI is InChI=1S/C20H24ClN5O/c1-3-4-11-26-20(23-24-25-26)22-13-17-12-18(21)9-10-19(17)27-14-16-8-6-5-7-15(16)2/h5-10,12H,3-4,11,13-14H2,1-2H3,(H,22,23,25). The van der Waals surface area contributed by atoms with Gasteiger partial charge in [-0.15, -0.1) is 0 Å². The van der Waals surface area contributed by atoms with Crippen molar-refractivity contribution in [3.8, 4) is 5.75 Å². The number of ether oxygens (including phenoxy) is 1. The Kier molecular flexibility index (Phi) is 6.65. The van der Waals surface area contributed by atoms with Gasteiger partial charge in [0, 0.05) is 23.7 Å². The van der Waals surface area contributed by atoms with Gasteiger partial charge in [-0.25, -0.2) is 4.68 Å². The molecule has 1 aromatic heterocycles. The zero-order chi connectivity index (χ0) is 19.1. The molecular formula is C20H24ClN5O. The van der Waals surface area contributed by atoms with Gasteiger partial charge in [0.1, 0.15) is 12.4 Å². The van der Waals surface area contributed by atoms with E-state index in [1.54, 1.807) is 4.68 Å². The quantitative estimate of drug-likeness (QED) is 0.582. The lowest BCUT2D eigenvalue weighted by atomic mass is 10.1. The molecule has 0 bridgehead atoms. The van der Waals surface area contributed by atoms with Crippen LogP contribution < -0.4 is 10.1 Å². The monoisotopic (exact) mass is 385 g/mol. The molecule has 0 atom stereocenters. The van der Waals surface area contributed by atoms with Crippen LogP contribution in [0.5, 0.6) is 5.75 Å². The average Bonchev–Trinajstić information content (AvgIpc) is 3.12. The molecule has 0 saturated heterocycles. The van der Waals surface area contributed by atoms with Crippen molar-refractivity contribution in [2.45, 2.75) is 46.4 Å². The number of halogens is 1. The third-order valence-corrected chi connectivity index (χ3v) is 4.59. The number of unbranched alkanes of at least 4 members (excludes halogenated alkanes) is 1. The summed E-state index contributed by atoms with van der Waals surface area (Å²) in [6.45, 7) is 6.05. The molecule has 142 valence electrons. The van der Waals surface area contributed by atoms with E-state index >= 15 is 0 Å². The van der Waals surface area contributed by atoms with Crippen molar-refractivity contribution >= 4 is 17.5 Å². The van der Waals surface area contributed by atoms with E-state index in [0.717, 1.165) is 36.3 Å². The largest absolute Gasteiger partial charge is 0.489 e. The van der Waals surface area contributed by atoms with Crippen LogP contribution in [-0.2, 0) is 19.7 Å². The first kappa shape index (κ1) is 19.2. The Morgan fingerprint density at radius 1 is 1.15 bits per heavy atom. The number of hydrogen-bond acceptors (Lipinski definition) is 5. The molecule has 0 radical (unpaired) electrons. The van der Waals surface area contributed by atoms with E-state index in [1.807, 2.05) is 30.3 Å². The van der Waals surface area contributed by atoms with E-state index in [9.17, 15) is 0 Å². The summed E-state index contributed by atoms with van der Waals surface area (Å²) in [7, 11) is 0. The minimum atomic E-state index is 0.509. The predicted octanol–water partition coefficient (Wildman–Crippen LogP) is 4.63. The molecular weight excluding hydrogens is 362 g/mol. The smallest absolute Gasteiger partial charge is 0.243 e. The van der Waals surface area contributed by atoms with Gasteiger partial charge in [-0.05, 0) is 53.1 Å². The Labute approximate surface area is 164 Å². The summed E-state index contributed by atoms with van der Waals surface area (Å²) in [4.78, 5) is 0. The number of aryl methyl sites for hydroxylation is 2. The van der Waals surface area contributed by atoms with Crippen molar-refractivity contribution < 1.29 is 4.74 Å². The molecule has 6 nitrogen and oxygen atoms in total.